The normalized spacial score (nSPS) is 10.3. The molecule has 1 heterocycles. The summed E-state index contributed by atoms with van der Waals surface area (Å²) in [4.78, 5) is 14.9. The smallest absolute Gasteiger partial charge is 0.356 e. The van der Waals surface area contributed by atoms with E-state index in [1.54, 1.807) is 24.3 Å². The average molecular weight is 362 g/mol. The van der Waals surface area contributed by atoms with Crippen molar-refractivity contribution in [3.8, 4) is 0 Å². The highest BCUT2D eigenvalue weighted by Gasteiger charge is 2.11. The van der Waals surface area contributed by atoms with Gasteiger partial charge in [0.2, 0.25) is 0 Å². The van der Waals surface area contributed by atoms with Crippen LogP contribution in [0.5, 0.6) is 0 Å². The number of rotatable bonds is 3. The van der Waals surface area contributed by atoms with Gasteiger partial charge < -0.3 is 10.4 Å². The molecule has 2 aromatic rings. The molecule has 0 aliphatic heterocycles. The van der Waals surface area contributed by atoms with Gasteiger partial charge in [-0.15, -0.1) is 0 Å². The van der Waals surface area contributed by atoms with Crippen LogP contribution in [-0.4, -0.2) is 16.1 Å². The molecule has 1 aromatic carbocycles. The molecular weight excluding hydrogens is 355 g/mol. The van der Waals surface area contributed by atoms with E-state index in [0.717, 1.165) is 10.2 Å². The number of carbonyl (C=O) groups is 1. The number of halogens is 3. The number of carboxylic acids is 1. The first-order chi connectivity index (χ1) is 8.97. The third-order valence-corrected chi connectivity index (χ3v) is 3.76. The summed E-state index contributed by atoms with van der Waals surface area (Å²) in [6, 6.07) is 8.30. The highest BCUT2D eigenvalue weighted by atomic mass is 79.9. The Morgan fingerprint density at radius 2 is 1.89 bits per heavy atom. The van der Waals surface area contributed by atoms with E-state index in [1.165, 1.54) is 6.07 Å². The Morgan fingerprint density at radius 1 is 1.21 bits per heavy atom. The lowest BCUT2D eigenvalue weighted by molar-refractivity contribution is 0.0691. The molecule has 0 amide bonds. The predicted molar refractivity (Wildman–Crippen MR) is 78.6 cm³/mol. The molecule has 0 radical (unpaired) electrons. The molecule has 19 heavy (non-hydrogen) atoms. The van der Waals surface area contributed by atoms with Gasteiger partial charge in [-0.3, -0.25) is 0 Å². The van der Waals surface area contributed by atoms with Crippen molar-refractivity contribution in [2.24, 2.45) is 0 Å². The molecule has 0 aliphatic rings. The maximum atomic E-state index is 10.9. The van der Waals surface area contributed by atoms with Gasteiger partial charge >= 0.3 is 5.97 Å². The van der Waals surface area contributed by atoms with Crippen molar-refractivity contribution in [3.05, 3.63) is 50.5 Å². The lowest BCUT2D eigenvalue weighted by Crippen LogP contribution is -2.04. The van der Waals surface area contributed by atoms with Gasteiger partial charge in [0.05, 0.1) is 10.0 Å². The van der Waals surface area contributed by atoms with E-state index in [0.29, 0.717) is 10.8 Å². The number of nitrogens with zero attached hydrogens (tertiary/aromatic N) is 1. The second kappa shape index (κ2) is 5.77. The number of hydrogen-bond acceptors (Lipinski definition) is 3. The van der Waals surface area contributed by atoms with Gasteiger partial charge in [-0.2, -0.15) is 0 Å². The zero-order chi connectivity index (χ0) is 14.0. The Labute approximate surface area is 127 Å². The van der Waals surface area contributed by atoms with Crippen LogP contribution in [0.2, 0.25) is 10.0 Å². The first-order valence-corrected chi connectivity index (χ1v) is 6.64. The monoisotopic (exact) mass is 360 g/mol. The van der Waals surface area contributed by atoms with Crippen molar-refractivity contribution in [2.75, 3.05) is 5.32 Å². The minimum absolute atomic E-state index is 0.0929. The van der Waals surface area contributed by atoms with E-state index in [1.807, 2.05) is 0 Å². The second-order valence-electron chi connectivity index (χ2n) is 3.59. The number of benzene rings is 1. The SMILES string of the molecule is O=C(O)c1nc(Nc2ccc(Cl)c(Br)c2)ccc1Cl. The number of aromatic carboxylic acids is 1. The number of nitrogens with one attached hydrogen (secondary N) is 1. The Bertz CT molecular complexity index is 650. The van der Waals surface area contributed by atoms with E-state index >= 15 is 0 Å². The van der Waals surface area contributed by atoms with Crippen LogP contribution in [0.4, 0.5) is 11.5 Å². The first-order valence-electron chi connectivity index (χ1n) is 5.09. The fourth-order valence-corrected chi connectivity index (χ4v) is 2.07. The number of aromatic nitrogens is 1. The maximum Gasteiger partial charge on any atom is 0.356 e. The molecule has 0 aliphatic carbocycles. The predicted octanol–water partition coefficient (Wildman–Crippen LogP) is 4.59. The zero-order valence-corrected chi connectivity index (χ0v) is 12.4. The van der Waals surface area contributed by atoms with Gasteiger partial charge in [0.1, 0.15) is 5.82 Å². The van der Waals surface area contributed by atoms with Crippen molar-refractivity contribution < 1.29 is 9.90 Å². The van der Waals surface area contributed by atoms with Crippen molar-refractivity contribution >= 4 is 56.6 Å². The molecule has 2 N–H and O–H groups in total. The van der Waals surface area contributed by atoms with Crippen molar-refractivity contribution in [1.29, 1.82) is 0 Å². The topological polar surface area (TPSA) is 62.2 Å². The van der Waals surface area contributed by atoms with E-state index in [9.17, 15) is 4.79 Å². The Hall–Kier alpha value is -1.30. The number of hydrogen-bond donors (Lipinski definition) is 2. The fourth-order valence-electron chi connectivity index (χ4n) is 1.38. The Morgan fingerprint density at radius 3 is 2.53 bits per heavy atom. The first kappa shape index (κ1) is 14.1. The minimum atomic E-state index is -1.18. The summed E-state index contributed by atoms with van der Waals surface area (Å²) in [5.41, 5.74) is 0.530. The quantitative estimate of drug-likeness (QED) is 0.839. The summed E-state index contributed by atoms with van der Waals surface area (Å²) >= 11 is 14.9. The summed E-state index contributed by atoms with van der Waals surface area (Å²) < 4.78 is 0.728. The molecule has 0 bridgehead atoms. The van der Waals surface area contributed by atoms with Gasteiger partial charge in [0.25, 0.3) is 0 Å². The summed E-state index contributed by atoms with van der Waals surface area (Å²) in [6.07, 6.45) is 0. The second-order valence-corrected chi connectivity index (χ2v) is 5.25. The highest BCUT2D eigenvalue weighted by Crippen LogP contribution is 2.27. The summed E-state index contributed by atoms with van der Waals surface area (Å²) in [5, 5.41) is 12.6. The van der Waals surface area contributed by atoms with Crippen molar-refractivity contribution in [3.63, 3.8) is 0 Å². The summed E-state index contributed by atoms with van der Waals surface area (Å²) in [5.74, 6) is -0.790. The molecule has 7 heteroatoms. The molecule has 2 rings (SSSR count). The third-order valence-electron chi connectivity index (χ3n) is 2.24. The lowest BCUT2D eigenvalue weighted by Gasteiger charge is -2.08. The Balaban J connectivity index is 2.30. The minimum Gasteiger partial charge on any atom is -0.476 e. The van der Waals surface area contributed by atoms with Crippen LogP contribution in [0.15, 0.2) is 34.8 Å². The molecular formula is C12H7BrCl2N2O2. The fraction of sp³-hybridized carbons (Fsp3) is 0. The molecule has 4 nitrogen and oxygen atoms in total. The largest absolute Gasteiger partial charge is 0.476 e. The number of carboxylic acid groups (broad SMARTS) is 1. The maximum absolute atomic E-state index is 10.9. The van der Waals surface area contributed by atoms with Crippen molar-refractivity contribution in [2.45, 2.75) is 0 Å². The number of pyridine rings is 1. The molecule has 0 saturated carbocycles. The van der Waals surface area contributed by atoms with Crippen LogP contribution in [0.1, 0.15) is 10.5 Å². The molecule has 98 valence electrons. The van der Waals surface area contributed by atoms with E-state index in [-0.39, 0.29) is 10.7 Å². The van der Waals surface area contributed by atoms with Crippen LogP contribution < -0.4 is 5.32 Å². The van der Waals surface area contributed by atoms with Crippen LogP contribution >= 0.6 is 39.1 Å². The van der Waals surface area contributed by atoms with Crippen LogP contribution in [0, 0.1) is 0 Å². The van der Waals surface area contributed by atoms with E-state index < -0.39 is 5.97 Å². The molecule has 0 unspecified atom stereocenters. The summed E-state index contributed by atoms with van der Waals surface area (Å²) in [7, 11) is 0. The molecule has 0 fully saturated rings. The lowest BCUT2D eigenvalue weighted by atomic mass is 10.3. The highest BCUT2D eigenvalue weighted by molar-refractivity contribution is 9.10. The molecule has 1 aromatic heterocycles. The molecule has 0 spiro atoms. The Kier molecular flexibility index (Phi) is 4.29. The van der Waals surface area contributed by atoms with E-state index in [2.05, 4.69) is 26.2 Å². The average Bonchev–Trinajstić information content (AvgIpc) is 2.36. The van der Waals surface area contributed by atoms with Gasteiger partial charge in [0.15, 0.2) is 5.69 Å². The van der Waals surface area contributed by atoms with E-state index in [4.69, 9.17) is 28.3 Å². The third kappa shape index (κ3) is 3.37. The van der Waals surface area contributed by atoms with Crippen LogP contribution in [0.25, 0.3) is 0 Å². The number of anilines is 2. The van der Waals surface area contributed by atoms with Gasteiger partial charge in [0, 0.05) is 10.2 Å². The standard InChI is InChI=1S/C12H7BrCl2N2O2/c13-7-5-6(1-2-8(7)14)16-10-4-3-9(15)11(17-10)12(18)19/h1-5H,(H,16,17)(H,18,19). The van der Waals surface area contributed by atoms with Crippen LogP contribution in [-0.2, 0) is 0 Å². The van der Waals surface area contributed by atoms with Gasteiger partial charge in [-0.25, -0.2) is 9.78 Å². The van der Waals surface area contributed by atoms with Crippen molar-refractivity contribution in [1.82, 2.24) is 4.98 Å². The zero-order valence-electron chi connectivity index (χ0n) is 9.32. The summed E-state index contributed by atoms with van der Waals surface area (Å²) in [6.45, 7) is 0. The molecule has 0 saturated heterocycles. The van der Waals surface area contributed by atoms with Gasteiger partial charge in [-0.1, -0.05) is 23.2 Å². The van der Waals surface area contributed by atoms with Gasteiger partial charge in [-0.05, 0) is 46.3 Å². The molecule has 0 atom stereocenters. The van der Waals surface area contributed by atoms with Crippen LogP contribution in [0.3, 0.4) is 0 Å².